The summed E-state index contributed by atoms with van der Waals surface area (Å²) < 4.78 is 6.50. The normalized spacial score (nSPS) is 17.7. The zero-order chi connectivity index (χ0) is 26.5. The fourth-order valence-corrected chi connectivity index (χ4v) is 6.32. The third-order valence-corrected chi connectivity index (χ3v) is 8.25. The predicted molar refractivity (Wildman–Crippen MR) is 152 cm³/mol. The van der Waals surface area contributed by atoms with Crippen molar-refractivity contribution in [3.63, 3.8) is 0 Å². The molecule has 196 valence electrons. The van der Waals surface area contributed by atoms with Crippen LogP contribution < -0.4 is 5.32 Å². The third kappa shape index (κ3) is 6.22. The molecule has 1 N–H and O–H groups in total. The fourth-order valence-electron chi connectivity index (χ4n) is 5.80. The second-order valence-electron chi connectivity index (χ2n) is 10.2. The van der Waals surface area contributed by atoms with Gasteiger partial charge in [-0.15, -0.1) is 0 Å². The number of anilines is 1. The minimum Gasteiger partial charge on any atom is -0.360 e. The summed E-state index contributed by atoms with van der Waals surface area (Å²) in [5.74, 6) is -0.245. The first-order chi connectivity index (χ1) is 18.4. The molecule has 5 nitrogen and oxygen atoms in total. The molecule has 1 saturated heterocycles. The van der Waals surface area contributed by atoms with E-state index in [1.54, 1.807) is 24.3 Å². The van der Waals surface area contributed by atoms with Gasteiger partial charge in [-0.3, -0.25) is 4.79 Å². The van der Waals surface area contributed by atoms with Gasteiger partial charge in [0.05, 0.1) is 17.2 Å². The molecule has 1 aliphatic carbocycles. The van der Waals surface area contributed by atoms with E-state index in [0.717, 1.165) is 42.6 Å². The lowest BCUT2D eigenvalue weighted by Gasteiger charge is -2.44. The molecule has 2 aliphatic rings. The number of rotatable bonds is 7. The molecule has 3 aromatic carbocycles. The van der Waals surface area contributed by atoms with E-state index in [1.807, 2.05) is 18.2 Å². The largest absolute Gasteiger partial charge is 0.360 e. The van der Waals surface area contributed by atoms with E-state index in [2.05, 4.69) is 40.6 Å². The van der Waals surface area contributed by atoms with Crippen molar-refractivity contribution in [1.29, 1.82) is 5.26 Å². The Bertz CT molecular complexity index is 1300. The van der Waals surface area contributed by atoms with Crippen molar-refractivity contribution >= 4 is 34.8 Å². The van der Waals surface area contributed by atoms with Crippen LogP contribution in [-0.2, 0) is 15.1 Å². The molecular formula is C31H31Cl2N3O2. The minimum atomic E-state index is -0.550. The molecule has 1 aliphatic heterocycles. The molecule has 0 spiro atoms. The van der Waals surface area contributed by atoms with Crippen LogP contribution in [0.3, 0.4) is 0 Å². The molecular weight excluding hydrogens is 517 g/mol. The molecule has 7 heteroatoms. The van der Waals surface area contributed by atoms with Crippen molar-refractivity contribution in [3.8, 4) is 17.2 Å². The van der Waals surface area contributed by atoms with E-state index in [-0.39, 0.29) is 12.5 Å². The molecule has 2 fully saturated rings. The lowest BCUT2D eigenvalue weighted by molar-refractivity contribution is -0.135. The van der Waals surface area contributed by atoms with Gasteiger partial charge in [0.2, 0.25) is 5.91 Å². The number of likely N-dealkylation sites (tertiary alicyclic amines) is 1. The number of piperidine rings is 1. The van der Waals surface area contributed by atoms with Gasteiger partial charge < -0.3 is 15.0 Å². The molecule has 1 heterocycles. The average molecular weight is 549 g/mol. The number of carbonyl (C=O) groups is 1. The summed E-state index contributed by atoms with van der Waals surface area (Å²) in [6, 6.07) is 23.8. The van der Waals surface area contributed by atoms with E-state index >= 15 is 0 Å². The summed E-state index contributed by atoms with van der Waals surface area (Å²) in [6.45, 7) is 1.82. The summed E-state index contributed by atoms with van der Waals surface area (Å²) in [5, 5.41) is 13.0. The van der Waals surface area contributed by atoms with Gasteiger partial charge in [-0.2, -0.15) is 5.26 Å². The Morgan fingerprint density at radius 1 is 0.974 bits per heavy atom. The van der Waals surface area contributed by atoms with Crippen molar-refractivity contribution in [2.75, 3.05) is 25.0 Å². The van der Waals surface area contributed by atoms with Crippen LogP contribution in [0.5, 0.6) is 0 Å². The van der Waals surface area contributed by atoms with Crippen LogP contribution in [0.4, 0.5) is 5.69 Å². The van der Waals surface area contributed by atoms with E-state index in [1.165, 1.54) is 25.7 Å². The standard InChI is InChI=1S/C31H31Cl2N3O2/c32-26-17-27(33)19-28(18-26)35-30(37)21-38-31(12-14-36(15-13-31)29-6-1-2-7-29)25-10-8-23(9-11-25)24-5-3-4-22(16-24)20-34/h3-5,8-11,16-19,29H,1-2,6-7,12-15,21H2,(H,35,37). The number of ether oxygens (including phenoxy) is 1. The Kier molecular flexibility index (Phi) is 8.35. The first kappa shape index (κ1) is 26.7. The SMILES string of the molecule is N#Cc1cccc(-c2ccc(C3(OCC(=O)Nc4cc(Cl)cc(Cl)c4)CCN(C4CCCC4)CC3)cc2)c1. The van der Waals surface area contributed by atoms with Crippen molar-refractivity contribution in [2.45, 2.75) is 50.2 Å². The number of halogens is 2. The van der Waals surface area contributed by atoms with Crippen molar-refractivity contribution in [3.05, 3.63) is 87.9 Å². The number of hydrogen-bond acceptors (Lipinski definition) is 4. The molecule has 3 aromatic rings. The molecule has 1 saturated carbocycles. The van der Waals surface area contributed by atoms with Crippen LogP contribution in [-0.4, -0.2) is 36.5 Å². The highest BCUT2D eigenvalue weighted by Gasteiger charge is 2.39. The highest BCUT2D eigenvalue weighted by atomic mass is 35.5. The molecule has 0 radical (unpaired) electrons. The lowest BCUT2D eigenvalue weighted by atomic mass is 9.83. The van der Waals surface area contributed by atoms with Crippen LogP contribution in [0.2, 0.25) is 10.0 Å². The number of carbonyl (C=O) groups excluding carboxylic acids is 1. The molecule has 5 rings (SSSR count). The zero-order valence-electron chi connectivity index (χ0n) is 21.3. The van der Waals surface area contributed by atoms with Crippen molar-refractivity contribution in [2.24, 2.45) is 0 Å². The number of nitrogens with zero attached hydrogens (tertiary/aromatic N) is 2. The zero-order valence-corrected chi connectivity index (χ0v) is 22.8. The molecule has 0 unspecified atom stereocenters. The predicted octanol–water partition coefficient (Wildman–Crippen LogP) is 7.42. The van der Waals surface area contributed by atoms with Gasteiger partial charge in [0, 0.05) is 34.9 Å². The Morgan fingerprint density at radius 3 is 2.32 bits per heavy atom. The maximum absolute atomic E-state index is 12.9. The van der Waals surface area contributed by atoms with Crippen molar-refractivity contribution in [1.82, 2.24) is 4.90 Å². The Morgan fingerprint density at radius 2 is 1.66 bits per heavy atom. The van der Waals surface area contributed by atoms with Crippen LogP contribution in [0.25, 0.3) is 11.1 Å². The average Bonchev–Trinajstić information content (AvgIpc) is 3.47. The number of amides is 1. The van der Waals surface area contributed by atoms with Gasteiger partial charge in [0.25, 0.3) is 0 Å². The molecule has 0 aromatic heterocycles. The summed E-state index contributed by atoms with van der Waals surface area (Å²) >= 11 is 12.2. The molecule has 0 bridgehead atoms. The van der Waals surface area contributed by atoms with E-state index in [9.17, 15) is 10.1 Å². The lowest BCUT2D eigenvalue weighted by Crippen LogP contribution is -2.48. The Balaban J connectivity index is 1.34. The van der Waals surface area contributed by atoms with Crippen molar-refractivity contribution < 1.29 is 9.53 Å². The second kappa shape index (κ2) is 11.9. The van der Waals surface area contributed by atoms with Gasteiger partial charge in [-0.05, 0) is 72.7 Å². The maximum atomic E-state index is 12.9. The summed E-state index contributed by atoms with van der Waals surface area (Å²) in [6.07, 6.45) is 6.81. The van der Waals surface area contributed by atoms with Crippen LogP contribution in [0.15, 0.2) is 66.7 Å². The summed E-state index contributed by atoms with van der Waals surface area (Å²) in [4.78, 5) is 15.5. The molecule has 38 heavy (non-hydrogen) atoms. The topological polar surface area (TPSA) is 65.4 Å². The van der Waals surface area contributed by atoms with Gasteiger partial charge in [0.1, 0.15) is 6.61 Å². The monoisotopic (exact) mass is 547 g/mol. The Labute approximate surface area is 234 Å². The summed E-state index contributed by atoms with van der Waals surface area (Å²) in [7, 11) is 0. The second-order valence-corrected chi connectivity index (χ2v) is 11.1. The summed E-state index contributed by atoms with van der Waals surface area (Å²) in [5.41, 5.74) is 3.75. The first-order valence-electron chi connectivity index (χ1n) is 13.2. The fraction of sp³-hybridized carbons (Fsp3) is 0.355. The number of hydrogen-bond donors (Lipinski definition) is 1. The number of nitrogens with one attached hydrogen (secondary N) is 1. The van der Waals surface area contributed by atoms with Gasteiger partial charge in [-0.1, -0.05) is 72.4 Å². The maximum Gasteiger partial charge on any atom is 0.250 e. The number of nitriles is 1. The third-order valence-electron chi connectivity index (χ3n) is 7.81. The number of benzene rings is 3. The van der Waals surface area contributed by atoms with Crippen LogP contribution in [0, 0.1) is 11.3 Å². The van der Waals surface area contributed by atoms with Crippen LogP contribution >= 0.6 is 23.2 Å². The minimum absolute atomic E-state index is 0.0699. The Hall–Kier alpha value is -2.88. The smallest absolute Gasteiger partial charge is 0.250 e. The van der Waals surface area contributed by atoms with E-state index in [0.29, 0.717) is 27.3 Å². The van der Waals surface area contributed by atoms with E-state index < -0.39 is 5.60 Å². The van der Waals surface area contributed by atoms with Gasteiger partial charge in [-0.25, -0.2) is 0 Å². The highest BCUT2D eigenvalue weighted by Crippen LogP contribution is 2.40. The van der Waals surface area contributed by atoms with Gasteiger partial charge >= 0.3 is 0 Å². The van der Waals surface area contributed by atoms with Crippen LogP contribution in [0.1, 0.15) is 49.7 Å². The molecule has 0 atom stereocenters. The van der Waals surface area contributed by atoms with E-state index in [4.69, 9.17) is 27.9 Å². The highest BCUT2D eigenvalue weighted by molar-refractivity contribution is 6.35. The quantitative estimate of drug-likeness (QED) is 0.334. The first-order valence-corrected chi connectivity index (χ1v) is 13.9. The molecule has 1 amide bonds. The van der Waals surface area contributed by atoms with Gasteiger partial charge in [0.15, 0.2) is 0 Å².